The highest BCUT2D eigenvalue weighted by Crippen LogP contribution is 2.39. The van der Waals surface area contributed by atoms with Gasteiger partial charge in [-0.25, -0.2) is 0 Å². The summed E-state index contributed by atoms with van der Waals surface area (Å²) >= 11 is 10.2. The van der Waals surface area contributed by atoms with Crippen molar-refractivity contribution in [1.82, 2.24) is 0 Å². The van der Waals surface area contributed by atoms with Gasteiger partial charge in [-0.3, -0.25) is 0 Å². The van der Waals surface area contributed by atoms with E-state index in [0.29, 0.717) is 16.4 Å². The molecule has 7 heteroatoms. The van der Waals surface area contributed by atoms with Crippen LogP contribution < -0.4 is 9.47 Å². The zero-order valence-electron chi connectivity index (χ0n) is 11.7. The van der Waals surface area contributed by atoms with Crippen molar-refractivity contribution < 1.29 is 22.6 Å². The molecule has 0 heterocycles. The van der Waals surface area contributed by atoms with Gasteiger partial charge in [0.25, 0.3) is 0 Å². The van der Waals surface area contributed by atoms with Crippen molar-refractivity contribution in [2.45, 2.75) is 18.0 Å². The molecule has 0 saturated carbocycles. The van der Waals surface area contributed by atoms with Gasteiger partial charge >= 0.3 is 6.18 Å². The second-order valence-corrected chi connectivity index (χ2v) is 5.34. The summed E-state index contributed by atoms with van der Waals surface area (Å²) in [5.41, 5.74) is -0.0757. The molecule has 0 aliphatic rings. The molecule has 0 aliphatic heterocycles. The van der Waals surface area contributed by atoms with E-state index in [9.17, 15) is 13.2 Å². The van der Waals surface area contributed by atoms with Crippen molar-refractivity contribution >= 4 is 24.2 Å². The van der Waals surface area contributed by atoms with Crippen LogP contribution in [-0.4, -0.2) is 7.11 Å². The standard InChI is InChI=1S/C15H12ClF3O2S/c1-8-11(20-2)5-6-13(14(8)22)21-12-4-3-9(7-10(12)16)15(17,18)19/h3-7,22H,1-2H3. The normalized spacial score (nSPS) is 11.4. The van der Waals surface area contributed by atoms with Crippen LogP contribution in [0.1, 0.15) is 11.1 Å². The van der Waals surface area contributed by atoms with Gasteiger partial charge in [0.05, 0.1) is 22.6 Å². The van der Waals surface area contributed by atoms with Crippen molar-refractivity contribution in [3.8, 4) is 17.2 Å². The quantitative estimate of drug-likeness (QED) is 0.711. The summed E-state index contributed by atoms with van der Waals surface area (Å²) < 4.78 is 48.5. The first-order valence-corrected chi connectivity index (χ1v) is 6.97. The average Bonchev–Trinajstić information content (AvgIpc) is 2.45. The molecule has 0 radical (unpaired) electrons. The highest BCUT2D eigenvalue weighted by Gasteiger charge is 2.31. The summed E-state index contributed by atoms with van der Waals surface area (Å²) in [4.78, 5) is 0.523. The Kier molecular flexibility index (Phi) is 4.82. The SMILES string of the molecule is COc1ccc(Oc2ccc(C(F)(F)F)cc2Cl)c(S)c1C. The number of methoxy groups -OCH3 is 1. The molecular formula is C15H12ClF3O2S. The third-order valence-electron chi connectivity index (χ3n) is 3.04. The molecule has 22 heavy (non-hydrogen) atoms. The molecule has 0 N–H and O–H groups in total. The Morgan fingerprint density at radius 1 is 1.05 bits per heavy atom. The Morgan fingerprint density at radius 3 is 2.18 bits per heavy atom. The summed E-state index contributed by atoms with van der Waals surface area (Å²) in [5, 5.41) is -0.129. The van der Waals surface area contributed by atoms with Gasteiger partial charge in [0.2, 0.25) is 0 Å². The summed E-state index contributed by atoms with van der Waals surface area (Å²) in [7, 11) is 1.53. The molecule has 0 atom stereocenters. The van der Waals surface area contributed by atoms with Gasteiger partial charge in [-0.15, -0.1) is 12.6 Å². The van der Waals surface area contributed by atoms with Crippen LogP contribution in [0.2, 0.25) is 5.02 Å². The third kappa shape index (κ3) is 3.44. The predicted octanol–water partition coefficient (Wildman–Crippen LogP) is 5.76. The van der Waals surface area contributed by atoms with Crippen LogP contribution in [0.25, 0.3) is 0 Å². The maximum absolute atomic E-state index is 12.6. The lowest BCUT2D eigenvalue weighted by atomic mass is 10.2. The summed E-state index contributed by atoms with van der Waals surface area (Å²) in [5.74, 6) is 1.13. The summed E-state index contributed by atoms with van der Waals surface area (Å²) in [6.45, 7) is 1.79. The third-order valence-corrected chi connectivity index (χ3v) is 3.89. The number of ether oxygens (including phenoxy) is 2. The minimum atomic E-state index is -4.45. The first-order chi connectivity index (χ1) is 10.2. The van der Waals surface area contributed by atoms with E-state index in [2.05, 4.69) is 12.6 Å². The minimum Gasteiger partial charge on any atom is -0.496 e. The molecule has 2 nitrogen and oxygen atoms in total. The second-order valence-electron chi connectivity index (χ2n) is 4.48. The smallest absolute Gasteiger partial charge is 0.416 e. The van der Waals surface area contributed by atoms with Gasteiger partial charge in [-0.1, -0.05) is 11.6 Å². The van der Waals surface area contributed by atoms with E-state index in [1.807, 2.05) is 0 Å². The molecule has 0 bridgehead atoms. The van der Waals surface area contributed by atoms with Crippen LogP contribution in [0.15, 0.2) is 35.2 Å². The maximum atomic E-state index is 12.6. The fourth-order valence-electron chi connectivity index (χ4n) is 1.84. The molecule has 0 spiro atoms. The van der Waals surface area contributed by atoms with E-state index in [1.165, 1.54) is 13.2 Å². The van der Waals surface area contributed by atoms with Crippen LogP contribution in [0.5, 0.6) is 17.2 Å². The van der Waals surface area contributed by atoms with Gasteiger partial charge in [-0.05, 0) is 37.3 Å². The topological polar surface area (TPSA) is 18.5 Å². The number of hydrogen-bond acceptors (Lipinski definition) is 3. The number of rotatable bonds is 3. The summed E-state index contributed by atoms with van der Waals surface area (Å²) in [6, 6.07) is 6.21. The first-order valence-electron chi connectivity index (χ1n) is 6.15. The number of thiol groups is 1. The Balaban J connectivity index is 2.34. The predicted molar refractivity (Wildman–Crippen MR) is 81.5 cm³/mol. The van der Waals surface area contributed by atoms with Crippen LogP contribution in [0, 0.1) is 6.92 Å². The molecule has 2 rings (SSSR count). The zero-order chi connectivity index (χ0) is 16.5. The molecule has 0 aromatic heterocycles. The first kappa shape index (κ1) is 16.8. The Morgan fingerprint density at radius 2 is 1.64 bits per heavy atom. The Hall–Kier alpha value is -1.53. The van der Waals surface area contributed by atoms with Crippen LogP contribution in [0.3, 0.4) is 0 Å². The summed E-state index contributed by atoms with van der Waals surface area (Å²) in [6.07, 6.45) is -4.45. The highest BCUT2D eigenvalue weighted by atomic mass is 35.5. The zero-order valence-corrected chi connectivity index (χ0v) is 13.3. The van der Waals surface area contributed by atoms with Crippen molar-refractivity contribution in [2.75, 3.05) is 7.11 Å². The molecule has 0 amide bonds. The highest BCUT2D eigenvalue weighted by molar-refractivity contribution is 7.80. The van der Waals surface area contributed by atoms with E-state index < -0.39 is 11.7 Å². The lowest BCUT2D eigenvalue weighted by Crippen LogP contribution is -2.04. The molecule has 0 aliphatic carbocycles. The number of benzene rings is 2. The largest absolute Gasteiger partial charge is 0.496 e. The van der Waals surface area contributed by atoms with Crippen molar-refractivity contribution in [2.24, 2.45) is 0 Å². The van der Waals surface area contributed by atoms with Crippen molar-refractivity contribution in [3.05, 3.63) is 46.5 Å². The van der Waals surface area contributed by atoms with Crippen molar-refractivity contribution in [1.29, 1.82) is 0 Å². The second kappa shape index (κ2) is 6.30. The monoisotopic (exact) mass is 348 g/mol. The molecule has 0 unspecified atom stereocenters. The van der Waals surface area contributed by atoms with Gasteiger partial charge < -0.3 is 9.47 Å². The van der Waals surface area contributed by atoms with Crippen molar-refractivity contribution in [3.63, 3.8) is 0 Å². The molecule has 118 valence electrons. The molecule has 0 saturated heterocycles. The number of alkyl halides is 3. The lowest BCUT2D eigenvalue weighted by molar-refractivity contribution is -0.137. The van der Waals surface area contributed by atoms with Gasteiger partial charge in [-0.2, -0.15) is 13.2 Å². The van der Waals surface area contributed by atoms with Gasteiger partial charge in [0, 0.05) is 5.56 Å². The van der Waals surface area contributed by atoms with E-state index in [-0.39, 0.29) is 10.8 Å². The lowest BCUT2D eigenvalue weighted by Gasteiger charge is -2.14. The van der Waals surface area contributed by atoms with Crippen LogP contribution >= 0.6 is 24.2 Å². The van der Waals surface area contributed by atoms with E-state index >= 15 is 0 Å². The molecule has 2 aromatic rings. The fourth-order valence-corrected chi connectivity index (χ4v) is 2.29. The average molecular weight is 349 g/mol. The Labute approximate surface area is 136 Å². The molecule has 2 aromatic carbocycles. The van der Waals surface area contributed by atoms with E-state index in [0.717, 1.165) is 17.7 Å². The van der Waals surface area contributed by atoms with Gasteiger partial charge in [0.15, 0.2) is 0 Å². The van der Waals surface area contributed by atoms with Crippen LogP contribution in [0.4, 0.5) is 13.2 Å². The fraction of sp³-hybridized carbons (Fsp3) is 0.200. The van der Waals surface area contributed by atoms with E-state index in [4.69, 9.17) is 21.1 Å². The number of halogens is 4. The minimum absolute atomic E-state index is 0.120. The Bertz CT molecular complexity index is 702. The molecule has 0 fully saturated rings. The van der Waals surface area contributed by atoms with Crippen LogP contribution in [-0.2, 0) is 6.18 Å². The molecular weight excluding hydrogens is 337 g/mol. The number of hydrogen-bond donors (Lipinski definition) is 1. The van der Waals surface area contributed by atoms with E-state index in [1.54, 1.807) is 19.1 Å². The maximum Gasteiger partial charge on any atom is 0.416 e. The van der Waals surface area contributed by atoms with Gasteiger partial charge in [0.1, 0.15) is 17.2 Å².